The van der Waals surface area contributed by atoms with Crippen LogP contribution in [0.2, 0.25) is 0 Å². The van der Waals surface area contributed by atoms with Crippen LogP contribution in [0.15, 0.2) is 0 Å². The zero-order valence-electron chi connectivity index (χ0n) is 10.2. The van der Waals surface area contributed by atoms with Crippen LogP contribution in [0.4, 0.5) is 0 Å². The SMILES string of the molecule is CC(C)C(N)Cc1nc(C2CCCC2)n[nH]1. The molecule has 1 aliphatic rings. The summed E-state index contributed by atoms with van der Waals surface area (Å²) in [5.41, 5.74) is 6.02. The van der Waals surface area contributed by atoms with E-state index in [2.05, 4.69) is 29.0 Å². The second-order valence-electron chi connectivity index (χ2n) is 5.23. The van der Waals surface area contributed by atoms with Crippen LogP contribution in [0.1, 0.15) is 57.1 Å². The molecule has 4 nitrogen and oxygen atoms in total. The summed E-state index contributed by atoms with van der Waals surface area (Å²) in [7, 11) is 0. The third-order valence-corrected chi connectivity index (χ3v) is 3.55. The van der Waals surface area contributed by atoms with E-state index in [4.69, 9.17) is 5.73 Å². The van der Waals surface area contributed by atoms with Gasteiger partial charge in [0.15, 0.2) is 5.82 Å². The third-order valence-electron chi connectivity index (χ3n) is 3.55. The first-order chi connectivity index (χ1) is 7.66. The van der Waals surface area contributed by atoms with Gasteiger partial charge in [0, 0.05) is 18.4 Å². The highest BCUT2D eigenvalue weighted by Gasteiger charge is 2.21. The van der Waals surface area contributed by atoms with Gasteiger partial charge in [-0.15, -0.1) is 0 Å². The Morgan fingerprint density at radius 1 is 1.38 bits per heavy atom. The van der Waals surface area contributed by atoms with E-state index in [9.17, 15) is 0 Å². The molecule has 1 unspecified atom stereocenters. The second-order valence-corrected chi connectivity index (χ2v) is 5.23. The number of aromatic nitrogens is 3. The fourth-order valence-corrected chi connectivity index (χ4v) is 2.23. The van der Waals surface area contributed by atoms with Crippen molar-refractivity contribution in [2.75, 3.05) is 0 Å². The molecule has 0 spiro atoms. The van der Waals surface area contributed by atoms with E-state index >= 15 is 0 Å². The molecule has 0 aromatic carbocycles. The Hall–Kier alpha value is -0.900. The highest BCUT2D eigenvalue weighted by Crippen LogP contribution is 2.31. The lowest BCUT2D eigenvalue weighted by atomic mass is 10.0. The van der Waals surface area contributed by atoms with Gasteiger partial charge in [-0.3, -0.25) is 5.10 Å². The molecule has 0 radical (unpaired) electrons. The predicted octanol–water partition coefficient (Wildman–Crippen LogP) is 1.99. The Bertz CT molecular complexity index is 326. The molecular weight excluding hydrogens is 200 g/mol. The third kappa shape index (κ3) is 2.61. The van der Waals surface area contributed by atoms with Crippen LogP contribution in [0.3, 0.4) is 0 Å². The van der Waals surface area contributed by atoms with E-state index in [-0.39, 0.29) is 6.04 Å². The monoisotopic (exact) mass is 222 g/mol. The van der Waals surface area contributed by atoms with Gasteiger partial charge in [-0.05, 0) is 18.8 Å². The Balaban J connectivity index is 1.96. The minimum absolute atomic E-state index is 0.171. The van der Waals surface area contributed by atoms with Crippen molar-refractivity contribution in [3.63, 3.8) is 0 Å². The fraction of sp³-hybridized carbons (Fsp3) is 0.833. The van der Waals surface area contributed by atoms with Crippen LogP contribution < -0.4 is 5.73 Å². The molecule has 1 heterocycles. The number of nitrogens with one attached hydrogen (secondary N) is 1. The summed E-state index contributed by atoms with van der Waals surface area (Å²) in [4.78, 5) is 4.57. The lowest BCUT2D eigenvalue weighted by Crippen LogP contribution is -2.29. The minimum Gasteiger partial charge on any atom is -0.327 e. The summed E-state index contributed by atoms with van der Waals surface area (Å²) < 4.78 is 0. The number of H-pyrrole nitrogens is 1. The predicted molar refractivity (Wildman–Crippen MR) is 64.1 cm³/mol. The van der Waals surface area contributed by atoms with Crippen LogP contribution >= 0.6 is 0 Å². The first-order valence-corrected chi connectivity index (χ1v) is 6.33. The molecule has 3 N–H and O–H groups in total. The van der Waals surface area contributed by atoms with Crippen molar-refractivity contribution < 1.29 is 0 Å². The Kier molecular flexibility index (Phi) is 3.59. The average molecular weight is 222 g/mol. The molecule has 1 aliphatic carbocycles. The molecule has 1 aromatic heterocycles. The summed E-state index contributed by atoms with van der Waals surface area (Å²) in [6.45, 7) is 4.28. The topological polar surface area (TPSA) is 67.6 Å². The number of nitrogens with zero attached hydrogens (tertiary/aromatic N) is 2. The fourth-order valence-electron chi connectivity index (χ4n) is 2.23. The molecule has 0 amide bonds. The van der Waals surface area contributed by atoms with E-state index in [0.717, 1.165) is 18.1 Å². The lowest BCUT2D eigenvalue weighted by molar-refractivity contribution is 0.482. The molecule has 1 atom stereocenters. The largest absolute Gasteiger partial charge is 0.327 e. The average Bonchev–Trinajstić information content (AvgIpc) is 2.85. The van der Waals surface area contributed by atoms with E-state index in [1.165, 1.54) is 25.7 Å². The highest BCUT2D eigenvalue weighted by atomic mass is 15.2. The molecule has 2 rings (SSSR count). The minimum atomic E-state index is 0.171. The molecular formula is C12H22N4. The van der Waals surface area contributed by atoms with Crippen molar-refractivity contribution in [2.24, 2.45) is 11.7 Å². The quantitative estimate of drug-likeness (QED) is 0.818. The van der Waals surface area contributed by atoms with Crippen LogP contribution in [-0.2, 0) is 6.42 Å². The van der Waals surface area contributed by atoms with E-state index in [1.807, 2.05) is 0 Å². The summed E-state index contributed by atoms with van der Waals surface area (Å²) >= 11 is 0. The molecule has 0 saturated heterocycles. The van der Waals surface area contributed by atoms with Gasteiger partial charge in [0.25, 0.3) is 0 Å². The van der Waals surface area contributed by atoms with E-state index in [0.29, 0.717) is 11.8 Å². The van der Waals surface area contributed by atoms with Crippen molar-refractivity contribution in [2.45, 2.75) is 57.9 Å². The van der Waals surface area contributed by atoms with Gasteiger partial charge in [0.05, 0.1) is 0 Å². The number of nitrogens with two attached hydrogens (primary N) is 1. The zero-order valence-corrected chi connectivity index (χ0v) is 10.2. The smallest absolute Gasteiger partial charge is 0.153 e. The standard InChI is InChI=1S/C12H22N4/c1-8(2)10(13)7-11-14-12(16-15-11)9-5-3-4-6-9/h8-10H,3-7,13H2,1-2H3,(H,14,15,16). The summed E-state index contributed by atoms with van der Waals surface area (Å²) in [5, 5.41) is 7.35. The highest BCUT2D eigenvalue weighted by molar-refractivity contribution is 5.01. The molecule has 0 bridgehead atoms. The Morgan fingerprint density at radius 3 is 2.69 bits per heavy atom. The maximum atomic E-state index is 6.02. The van der Waals surface area contributed by atoms with Gasteiger partial charge in [-0.25, -0.2) is 4.98 Å². The molecule has 0 aliphatic heterocycles. The van der Waals surface area contributed by atoms with E-state index in [1.54, 1.807) is 0 Å². The maximum absolute atomic E-state index is 6.02. The Morgan fingerprint density at radius 2 is 2.06 bits per heavy atom. The van der Waals surface area contributed by atoms with Crippen molar-refractivity contribution in [1.29, 1.82) is 0 Å². The van der Waals surface area contributed by atoms with Gasteiger partial charge < -0.3 is 5.73 Å². The van der Waals surface area contributed by atoms with Gasteiger partial charge >= 0.3 is 0 Å². The Labute approximate surface area is 97.0 Å². The molecule has 16 heavy (non-hydrogen) atoms. The van der Waals surface area contributed by atoms with Gasteiger partial charge in [-0.2, -0.15) is 5.10 Å². The molecule has 1 saturated carbocycles. The summed E-state index contributed by atoms with van der Waals surface area (Å²) in [6.07, 6.45) is 5.93. The number of hydrogen-bond acceptors (Lipinski definition) is 3. The lowest BCUT2D eigenvalue weighted by Gasteiger charge is -2.12. The maximum Gasteiger partial charge on any atom is 0.153 e. The number of hydrogen-bond donors (Lipinski definition) is 2. The van der Waals surface area contributed by atoms with Crippen molar-refractivity contribution in [1.82, 2.24) is 15.2 Å². The molecule has 1 aromatic rings. The summed E-state index contributed by atoms with van der Waals surface area (Å²) in [5.74, 6) is 3.02. The van der Waals surface area contributed by atoms with E-state index < -0.39 is 0 Å². The first kappa shape index (κ1) is 11.6. The number of rotatable bonds is 4. The molecule has 1 fully saturated rings. The van der Waals surface area contributed by atoms with Crippen molar-refractivity contribution in [3.05, 3.63) is 11.6 Å². The zero-order chi connectivity index (χ0) is 11.5. The van der Waals surface area contributed by atoms with Crippen molar-refractivity contribution >= 4 is 0 Å². The van der Waals surface area contributed by atoms with Crippen LogP contribution in [0.5, 0.6) is 0 Å². The second kappa shape index (κ2) is 4.95. The van der Waals surface area contributed by atoms with Gasteiger partial charge in [-0.1, -0.05) is 26.7 Å². The van der Waals surface area contributed by atoms with Gasteiger partial charge in [0.2, 0.25) is 0 Å². The normalized spacial score (nSPS) is 19.5. The van der Waals surface area contributed by atoms with Gasteiger partial charge in [0.1, 0.15) is 5.82 Å². The van der Waals surface area contributed by atoms with Crippen LogP contribution in [0.25, 0.3) is 0 Å². The van der Waals surface area contributed by atoms with Crippen LogP contribution in [0, 0.1) is 5.92 Å². The van der Waals surface area contributed by atoms with Crippen molar-refractivity contribution in [3.8, 4) is 0 Å². The van der Waals surface area contributed by atoms with Crippen LogP contribution in [-0.4, -0.2) is 21.2 Å². The number of aromatic amines is 1. The summed E-state index contributed by atoms with van der Waals surface area (Å²) in [6, 6.07) is 0.171. The molecule has 4 heteroatoms. The first-order valence-electron chi connectivity index (χ1n) is 6.33. The molecule has 90 valence electrons.